The number of likely N-dealkylation sites (N-methyl/N-ethyl adjacent to an activating group) is 1. The van der Waals surface area contributed by atoms with Gasteiger partial charge in [-0.3, -0.25) is 14.1 Å². The molecule has 30 heavy (non-hydrogen) atoms. The van der Waals surface area contributed by atoms with Gasteiger partial charge in [0.25, 0.3) is 0 Å². The van der Waals surface area contributed by atoms with Gasteiger partial charge in [-0.05, 0) is 61.1 Å². The average molecular weight is 538 g/mol. The smallest absolute Gasteiger partial charge is 0.410 e. The summed E-state index contributed by atoms with van der Waals surface area (Å²) in [5.41, 5.74) is -0.307. The lowest BCUT2D eigenvalue weighted by Gasteiger charge is -2.31. The summed E-state index contributed by atoms with van der Waals surface area (Å²) in [4.78, 5) is 38.8. The average Bonchev–Trinajstić information content (AvgIpc) is 2.65. The Morgan fingerprint density at radius 2 is 1.87 bits per heavy atom. The first kappa shape index (κ1) is 25.9. The molecule has 8 nitrogen and oxygen atoms in total. The van der Waals surface area contributed by atoms with Crippen LogP contribution in [0.25, 0.3) is 0 Å². The summed E-state index contributed by atoms with van der Waals surface area (Å²) >= 11 is 2.05. The zero-order chi connectivity index (χ0) is 23.1. The summed E-state index contributed by atoms with van der Waals surface area (Å²) in [6.07, 6.45) is -0.977. The molecule has 1 N–H and O–H groups in total. The molecule has 1 aromatic rings. The molecule has 0 heterocycles. The van der Waals surface area contributed by atoms with Gasteiger partial charge in [-0.25, -0.2) is 9.59 Å². The van der Waals surface area contributed by atoms with E-state index < -0.39 is 42.3 Å². The number of esters is 1. The molecule has 0 radical (unpaired) electrons. The maximum absolute atomic E-state index is 13.1. The van der Waals surface area contributed by atoms with Crippen molar-refractivity contribution in [2.75, 3.05) is 27.9 Å². The largest absolute Gasteiger partial charge is 0.496 e. The maximum Gasteiger partial charge on any atom is 0.410 e. The lowest BCUT2D eigenvalue weighted by Crippen LogP contribution is -2.49. The van der Waals surface area contributed by atoms with Crippen LogP contribution in [0.4, 0.5) is 9.18 Å². The van der Waals surface area contributed by atoms with Crippen molar-refractivity contribution in [3.63, 3.8) is 0 Å². The SMILES string of the molecule is COC(=O)C(CCF)NC(=O)[C@H](c1ccc(OC)c(I)c1)N(C)C(=O)OC(C)(C)C. The summed E-state index contributed by atoms with van der Waals surface area (Å²) in [7, 11) is 4.08. The summed E-state index contributed by atoms with van der Waals surface area (Å²) in [6, 6.07) is 2.67. The molecular weight excluding hydrogens is 510 g/mol. The van der Waals surface area contributed by atoms with Crippen molar-refractivity contribution in [1.82, 2.24) is 10.2 Å². The highest BCUT2D eigenvalue weighted by Crippen LogP contribution is 2.28. The normalized spacial score (nSPS) is 13.1. The van der Waals surface area contributed by atoms with Crippen molar-refractivity contribution < 1.29 is 33.0 Å². The second-order valence-electron chi connectivity index (χ2n) is 7.45. The number of halogens is 2. The quantitative estimate of drug-likeness (QED) is 0.404. The van der Waals surface area contributed by atoms with Gasteiger partial charge in [0, 0.05) is 13.5 Å². The minimum Gasteiger partial charge on any atom is -0.496 e. The highest BCUT2D eigenvalue weighted by atomic mass is 127. The fourth-order valence-electron chi connectivity index (χ4n) is 2.59. The van der Waals surface area contributed by atoms with Crippen LogP contribution in [0.15, 0.2) is 18.2 Å². The van der Waals surface area contributed by atoms with Gasteiger partial charge in [0.1, 0.15) is 23.4 Å². The molecule has 0 aliphatic rings. The van der Waals surface area contributed by atoms with Crippen molar-refractivity contribution in [2.24, 2.45) is 0 Å². The molecule has 1 aromatic carbocycles. The molecule has 2 atom stereocenters. The molecule has 0 saturated heterocycles. The molecule has 0 aliphatic carbocycles. The van der Waals surface area contributed by atoms with Crippen LogP contribution in [0.1, 0.15) is 38.8 Å². The van der Waals surface area contributed by atoms with E-state index in [1.807, 2.05) is 22.6 Å². The summed E-state index contributed by atoms with van der Waals surface area (Å²) in [5.74, 6) is -0.847. The van der Waals surface area contributed by atoms with E-state index in [2.05, 4.69) is 10.1 Å². The number of hydrogen-bond donors (Lipinski definition) is 1. The maximum atomic E-state index is 13.1. The second-order valence-corrected chi connectivity index (χ2v) is 8.61. The number of benzene rings is 1. The fraction of sp³-hybridized carbons (Fsp3) is 0.550. The Labute approximate surface area is 189 Å². The van der Waals surface area contributed by atoms with E-state index in [0.29, 0.717) is 11.3 Å². The van der Waals surface area contributed by atoms with Gasteiger partial charge >= 0.3 is 12.1 Å². The molecular formula is C20H28FIN2O6. The zero-order valence-electron chi connectivity index (χ0n) is 18.0. The van der Waals surface area contributed by atoms with Crippen LogP contribution in [0.5, 0.6) is 5.75 Å². The minimum atomic E-state index is -1.18. The predicted molar refractivity (Wildman–Crippen MR) is 117 cm³/mol. The minimum absolute atomic E-state index is 0.249. The van der Waals surface area contributed by atoms with E-state index in [1.165, 1.54) is 14.2 Å². The third-order valence-corrected chi connectivity index (χ3v) is 4.85. The number of amides is 2. The first-order valence-electron chi connectivity index (χ1n) is 9.18. The van der Waals surface area contributed by atoms with Crippen LogP contribution in [0.3, 0.4) is 0 Å². The standard InChI is InChI=1S/C20H28FIN2O6/c1-20(2,3)30-19(27)24(4)16(12-7-8-15(28-5)13(22)11-12)17(25)23-14(9-10-21)18(26)29-6/h7-8,11,14,16H,9-10H2,1-6H3,(H,23,25)/t14?,16-/m0/s1. The first-order chi connectivity index (χ1) is 13.9. The van der Waals surface area contributed by atoms with Gasteiger partial charge in [-0.2, -0.15) is 0 Å². The van der Waals surface area contributed by atoms with Gasteiger partial charge in [0.2, 0.25) is 5.91 Å². The first-order valence-corrected chi connectivity index (χ1v) is 10.3. The van der Waals surface area contributed by atoms with E-state index in [0.717, 1.165) is 15.6 Å². The lowest BCUT2D eigenvalue weighted by molar-refractivity contribution is -0.146. The van der Waals surface area contributed by atoms with Crippen molar-refractivity contribution >= 4 is 40.6 Å². The number of carbonyl (C=O) groups is 3. The van der Waals surface area contributed by atoms with Gasteiger partial charge in [-0.1, -0.05) is 6.07 Å². The fourth-order valence-corrected chi connectivity index (χ4v) is 3.35. The molecule has 0 saturated carbocycles. The predicted octanol–water partition coefficient (Wildman–Crippen LogP) is 3.23. The van der Waals surface area contributed by atoms with Crippen molar-refractivity contribution in [2.45, 2.75) is 44.9 Å². The van der Waals surface area contributed by atoms with Gasteiger partial charge in [0.05, 0.1) is 24.5 Å². The molecule has 0 aliphatic heterocycles. The van der Waals surface area contributed by atoms with Crippen LogP contribution < -0.4 is 10.1 Å². The zero-order valence-corrected chi connectivity index (χ0v) is 20.1. The number of carbonyl (C=O) groups excluding carboxylic acids is 3. The lowest BCUT2D eigenvalue weighted by atomic mass is 10.0. The summed E-state index contributed by atoms with van der Waals surface area (Å²) < 4.78 is 28.8. The Hall–Kier alpha value is -2.11. The molecule has 0 bridgehead atoms. The number of ether oxygens (including phenoxy) is 3. The summed E-state index contributed by atoms with van der Waals surface area (Å²) in [6.45, 7) is 4.29. The monoisotopic (exact) mass is 538 g/mol. The van der Waals surface area contributed by atoms with Gasteiger partial charge < -0.3 is 19.5 Å². The van der Waals surface area contributed by atoms with Crippen LogP contribution >= 0.6 is 22.6 Å². The number of alkyl halides is 1. The number of nitrogens with zero attached hydrogens (tertiary/aromatic N) is 1. The van der Waals surface area contributed by atoms with E-state index in [1.54, 1.807) is 39.0 Å². The Bertz CT molecular complexity index is 768. The number of nitrogens with one attached hydrogen (secondary N) is 1. The summed E-state index contributed by atoms with van der Waals surface area (Å²) in [5, 5.41) is 2.48. The van der Waals surface area contributed by atoms with Crippen LogP contribution in [-0.4, -0.2) is 62.5 Å². The molecule has 0 aromatic heterocycles. The third kappa shape index (κ3) is 7.29. The molecule has 1 unspecified atom stereocenters. The molecule has 0 spiro atoms. The Kier molecular flexibility index (Phi) is 9.79. The van der Waals surface area contributed by atoms with Crippen molar-refractivity contribution in [1.29, 1.82) is 0 Å². The molecule has 2 amide bonds. The molecule has 168 valence electrons. The van der Waals surface area contributed by atoms with Crippen molar-refractivity contribution in [3.8, 4) is 5.75 Å². The molecule has 10 heteroatoms. The van der Waals surface area contributed by atoms with Gasteiger partial charge in [0.15, 0.2) is 0 Å². The number of methoxy groups -OCH3 is 2. The Morgan fingerprint density at radius 1 is 1.23 bits per heavy atom. The Balaban J connectivity index is 3.31. The second kappa shape index (κ2) is 11.3. The van der Waals surface area contributed by atoms with E-state index >= 15 is 0 Å². The molecule has 0 fully saturated rings. The van der Waals surface area contributed by atoms with Crippen LogP contribution in [0.2, 0.25) is 0 Å². The topological polar surface area (TPSA) is 94.2 Å². The third-order valence-electron chi connectivity index (χ3n) is 4.01. The van der Waals surface area contributed by atoms with E-state index in [-0.39, 0.29) is 6.42 Å². The molecule has 1 rings (SSSR count). The van der Waals surface area contributed by atoms with E-state index in [9.17, 15) is 18.8 Å². The highest BCUT2D eigenvalue weighted by Gasteiger charge is 2.34. The Morgan fingerprint density at radius 3 is 2.33 bits per heavy atom. The van der Waals surface area contributed by atoms with Crippen LogP contribution in [-0.2, 0) is 19.1 Å². The number of rotatable bonds is 8. The highest BCUT2D eigenvalue weighted by molar-refractivity contribution is 14.1. The number of hydrogen-bond acceptors (Lipinski definition) is 6. The van der Waals surface area contributed by atoms with Gasteiger partial charge in [-0.15, -0.1) is 0 Å². The van der Waals surface area contributed by atoms with E-state index in [4.69, 9.17) is 9.47 Å². The van der Waals surface area contributed by atoms with Crippen LogP contribution in [0, 0.1) is 3.57 Å². The van der Waals surface area contributed by atoms with Crippen molar-refractivity contribution in [3.05, 3.63) is 27.3 Å².